The molecule has 0 radical (unpaired) electrons. The molecule has 11 nitrogen and oxygen atoms in total. The van der Waals surface area contributed by atoms with Crippen molar-refractivity contribution in [1.29, 1.82) is 0 Å². The van der Waals surface area contributed by atoms with E-state index in [0.717, 1.165) is 0 Å². The van der Waals surface area contributed by atoms with E-state index in [-0.39, 0.29) is 11.4 Å². The van der Waals surface area contributed by atoms with Crippen molar-refractivity contribution in [3.63, 3.8) is 0 Å². The van der Waals surface area contributed by atoms with Gasteiger partial charge in [-0.1, -0.05) is 29.4 Å². The van der Waals surface area contributed by atoms with E-state index >= 15 is 0 Å². The highest BCUT2D eigenvalue weighted by Crippen LogP contribution is 2.28. The number of hydrogen-bond donors (Lipinski definition) is 2. The highest BCUT2D eigenvalue weighted by atomic mass is 19.1. The molecule has 41 heavy (non-hydrogen) atoms. The van der Waals surface area contributed by atoms with E-state index in [9.17, 15) is 23.6 Å². The number of esters is 1. The number of rotatable bonds is 7. The molecule has 210 valence electrons. The number of nitrogens with zero attached hydrogens (tertiary/aromatic N) is 2. The quantitative estimate of drug-likeness (QED) is 0.327. The molecule has 3 aromatic carbocycles. The van der Waals surface area contributed by atoms with Crippen molar-refractivity contribution in [2.45, 2.75) is 13.0 Å². The second-order valence-corrected chi connectivity index (χ2v) is 9.22. The van der Waals surface area contributed by atoms with E-state index in [2.05, 4.69) is 20.0 Å². The molecule has 0 aliphatic carbocycles. The summed E-state index contributed by atoms with van der Waals surface area (Å²) in [5.41, 5.74) is 2.41. The molecule has 1 aliphatic heterocycles. The minimum Gasteiger partial charge on any atom is -0.447 e. The zero-order chi connectivity index (χ0) is 28.9. The zero-order valence-corrected chi connectivity index (χ0v) is 21.9. The van der Waals surface area contributed by atoms with E-state index in [1.165, 1.54) is 25.1 Å². The van der Waals surface area contributed by atoms with Crippen LogP contribution in [0, 0.1) is 5.82 Å². The lowest BCUT2D eigenvalue weighted by Gasteiger charge is -2.27. The summed E-state index contributed by atoms with van der Waals surface area (Å²) in [5.74, 6) is -2.80. The van der Waals surface area contributed by atoms with Gasteiger partial charge in [-0.3, -0.25) is 23.9 Å². The van der Waals surface area contributed by atoms with Crippen LogP contribution >= 0.6 is 0 Å². The molecule has 4 aromatic rings. The SMILES string of the molecule is CC(=O)OC(C(=O)Nc1ccc(-c2noc(=O)[nH]2)cc1)c1cccc(-c2ccc(F)c(C(=O)N3CCOCC3)c2)c1. The van der Waals surface area contributed by atoms with Gasteiger partial charge in [-0.15, -0.1) is 0 Å². The van der Waals surface area contributed by atoms with Gasteiger partial charge in [-0.05, 0) is 53.6 Å². The van der Waals surface area contributed by atoms with Crippen molar-refractivity contribution >= 4 is 23.5 Å². The summed E-state index contributed by atoms with van der Waals surface area (Å²) in [6.45, 7) is 2.73. The van der Waals surface area contributed by atoms with E-state index in [1.54, 1.807) is 53.4 Å². The maximum atomic E-state index is 14.7. The van der Waals surface area contributed by atoms with Gasteiger partial charge in [0.1, 0.15) is 5.82 Å². The van der Waals surface area contributed by atoms with Crippen molar-refractivity contribution in [2.75, 3.05) is 31.6 Å². The second kappa shape index (κ2) is 12.0. The number of carbonyl (C=O) groups is 3. The van der Waals surface area contributed by atoms with Crippen LogP contribution in [0.3, 0.4) is 0 Å². The molecule has 1 aliphatic rings. The third-order valence-corrected chi connectivity index (χ3v) is 6.41. The smallest absolute Gasteiger partial charge is 0.439 e. The number of halogens is 1. The van der Waals surface area contributed by atoms with Crippen molar-refractivity contribution in [3.05, 3.63) is 94.2 Å². The first-order valence-corrected chi connectivity index (χ1v) is 12.7. The Kier molecular flexibility index (Phi) is 8.01. The van der Waals surface area contributed by atoms with Gasteiger partial charge < -0.3 is 19.7 Å². The first-order valence-electron chi connectivity index (χ1n) is 12.7. The summed E-state index contributed by atoms with van der Waals surface area (Å²) in [6.07, 6.45) is -1.30. The summed E-state index contributed by atoms with van der Waals surface area (Å²) >= 11 is 0. The van der Waals surface area contributed by atoms with E-state index in [4.69, 9.17) is 9.47 Å². The van der Waals surface area contributed by atoms with Gasteiger partial charge >= 0.3 is 11.7 Å². The van der Waals surface area contributed by atoms with E-state index < -0.39 is 35.5 Å². The van der Waals surface area contributed by atoms with Crippen LogP contribution in [0.4, 0.5) is 10.1 Å². The van der Waals surface area contributed by atoms with Crippen molar-refractivity contribution in [3.8, 4) is 22.5 Å². The van der Waals surface area contributed by atoms with Gasteiger partial charge in [-0.2, -0.15) is 0 Å². The largest absolute Gasteiger partial charge is 0.447 e. The summed E-state index contributed by atoms with van der Waals surface area (Å²) in [5, 5.41) is 6.33. The Morgan fingerprint density at radius 2 is 1.71 bits per heavy atom. The zero-order valence-electron chi connectivity index (χ0n) is 21.9. The molecule has 1 saturated heterocycles. The lowest BCUT2D eigenvalue weighted by atomic mass is 9.98. The fourth-order valence-electron chi connectivity index (χ4n) is 4.40. The highest BCUT2D eigenvalue weighted by molar-refractivity contribution is 5.97. The Bertz CT molecular complexity index is 1640. The Hall–Kier alpha value is -5.10. The molecule has 1 unspecified atom stereocenters. The van der Waals surface area contributed by atoms with Crippen molar-refractivity contribution in [2.24, 2.45) is 0 Å². The van der Waals surface area contributed by atoms with Crippen LogP contribution in [-0.4, -0.2) is 59.1 Å². The molecular weight excluding hydrogens is 535 g/mol. The van der Waals surface area contributed by atoms with E-state index in [0.29, 0.717) is 54.2 Å². The molecule has 0 saturated carbocycles. The third-order valence-electron chi connectivity index (χ3n) is 6.41. The number of H-pyrrole nitrogens is 1. The Morgan fingerprint density at radius 1 is 1.00 bits per heavy atom. The van der Waals surface area contributed by atoms with Gasteiger partial charge in [0.2, 0.25) is 6.10 Å². The number of amides is 2. The summed E-state index contributed by atoms with van der Waals surface area (Å²) < 4.78 is 29.8. The first-order chi connectivity index (χ1) is 19.8. The van der Waals surface area contributed by atoms with Crippen LogP contribution in [-0.2, 0) is 19.1 Å². The number of aromatic amines is 1. The average molecular weight is 561 g/mol. The number of benzene rings is 3. The van der Waals surface area contributed by atoms with Gasteiger partial charge in [0, 0.05) is 36.8 Å². The molecule has 0 spiro atoms. The predicted octanol–water partition coefficient (Wildman–Crippen LogP) is 3.55. The number of nitrogens with one attached hydrogen (secondary N) is 2. The van der Waals surface area contributed by atoms with Crippen LogP contribution in [0.25, 0.3) is 22.5 Å². The fraction of sp³-hybridized carbons (Fsp3) is 0.207. The lowest BCUT2D eigenvalue weighted by Crippen LogP contribution is -2.41. The standard InChI is InChI=1S/C29H25FN4O7/c1-17(35)40-25(27(36)31-22-8-5-18(6-9-22)26-32-29(38)41-33-26)21-4-2-3-19(15-21)20-7-10-24(30)23(16-20)28(37)34-11-13-39-14-12-34/h2-10,15-16,25H,11-14H2,1H3,(H,31,36)(H,32,33,38). The normalized spacial score (nSPS) is 13.9. The van der Waals surface area contributed by atoms with Crippen molar-refractivity contribution < 1.29 is 32.8 Å². The molecule has 1 fully saturated rings. The molecule has 2 amide bonds. The van der Waals surface area contributed by atoms with Gasteiger partial charge in [0.05, 0.1) is 18.8 Å². The predicted molar refractivity (Wildman–Crippen MR) is 144 cm³/mol. The Morgan fingerprint density at radius 3 is 2.39 bits per heavy atom. The molecule has 12 heteroatoms. The second-order valence-electron chi connectivity index (χ2n) is 9.22. The van der Waals surface area contributed by atoms with Crippen molar-refractivity contribution in [1.82, 2.24) is 15.0 Å². The van der Waals surface area contributed by atoms with Gasteiger partial charge in [-0.25, -0.2) is 9.18 Å². The topological polar surface area (TPSA) is 144 Å². The number of carbonyl (C=O) groups excluding carboxylic acids is 3. The van der Waals surface area contributed by atoms with E-state index in [1.807, 2.05) is 0 Å². The van der Waals surface area contributed by atoms with Crippen LogP contribution in [0.5, 0.6) is 0 Å². The first kappa shape index (κ1) is 27.5. The van der Waals surface area contributed by atoms with Crippen LogP contribution in [0.15, 0.2) is 76.0 Å². The fourth-order valence-corrected chi connectivity index (χ4v) is 4.40. The monoisotopic (exact) mass is 560 g/mol. The van der Waals surface area contributed by atoms with Gasteiger partial charge in [0.15, 0.2) is 5.82 Å². The maximum Gasteiger partial charge on any atom is 0.439 e. The Balaban J connectivity index is 1.38. The third kappa shape index (κ3) is 6.39. The number of morpholine rings is 1. The minimum atomic E-state index is -1.30. The summed E-state index contributed by atoms with van der Waals surface area (Å²) in [4.78, 5) is 53.3. The minimum absolute atomic E-state index is 0.0674. The lowest BCUT2D eigenvalue weighted by molar-refractivity contribution is -0.152. The molecule has 0 bridgehead atoms. The molecule has 1 aromatic heterocycles. The Labute approximate surface area is 232 Å². The molecule has 2 heterocycles. The molecule has 1 atom stereocenters. The summed E-state index contributed by atoms with van der Waals surface area (Å²) in [6, 6.07) is 17.3. The van der Waals surface area contributed by atoms with Crippen LogP contribution in [0.2, 0.25) is 0 Å². The van der Waals surface area contributed by atoms with Crippen LogP contribution in [0.1, 0.15) is 28.9 Å². The number of anilines is 1. The summed E-state index contributed by atoms with van der Waals surface area (Å²) in [7, 11) is 0. The van der Waals surface area contributed by atoms with Crippen LogP contribution < -0.4 is 11.1 Å². The highest BCUT2D eigenvalue weighted by Gasteiger charge is 2.26. The van der Waals surface area contributed by atoms with Gasteiger partial charge in [0.25, 0.3) is 11.8 Å². The number of ether oxygens (including phenoxy) is 2. The molecule has 5 rings (SSSR count). The number of hydrogen-bond acceptors (Lipinski definition) is 8. The average Bonchev–Trinajstić information content (AvgIpc) is 3.42. The molecule has 2 N–H and O–H groups in total. The molecular formula is C29H25FN4O7. The number of aromatic nitrogens is 2. The maximum absolute atomic E-state index is 14.7.